The number of Topliss-reactive ketones (excluding diaryl/α,β-unsaturated/α-hetero) is 1. The summed E-state index contributed by atoms with van der Waals surface area (Å²) in [5.74, 6) is -0.607. The Hall–Kier alpha value is -2.76. The van der Waals surface area contributed by atoms with Crippen molar-refractivity contribution in [2.45, 2.75) is 20.4 Å². The molecule has 2 aromatic rings. The van der Waals surface area contributed by atoms with Crippen LogP contribution in [0.1, 0.15) is 28.5 Å². The highest BCUT2D eigenvalue weighted by molar-refractivity contribution is 6.09. The molecule has 0 amide bonds. The molecule has 108 valence electrons. The van der Waals surface area contributed by atoms with E-state index in [0.29, 0.717) is 17.7 Å². The lowest BCUT2D eigenvalue weighted by Crippen LogP contribution is -2.11. The van der Waals surface area contributed by atoms with E-state index in [0.717, 1.165) is 5.69 Å². The predicted molar refractivity (Wildman–Crippen MR) is 78.4 cm³/mol. The van der Waals surface area contributed by atoms with E-state index in [1.165, 1.54) is 12.3 Å². The monoisotopic (exact) mass is 285 g/mol. The Balaban J connectivity index is 2.44. The number of nitrogens with zero attached hydrogens (tertiary/aromatic N) is 3. The molecule has 0 aliphatic carbocycles. The minimum atomic E-state index is -0.655. The quantitative estimate of drug-likeness (QED) is 0.366. The van der Waals surface area contributed by atoms with Crippen molar-refractivity contribution in [1.29, 1.82) is 0 Å². The van der Waals surface area contributed by atoms with Crippen molar-refractivity contribution in [1.82, 2.24) is 9.78 Å². The van der Waals surface area contributed by atoms with Gasteiger partial charge in [-0.15, -0.1) is 0 Å². The van der Waals surface area contributed by atoms with Gasteiger partial charge in [0.2, 0.25) is 0 Å². The minimum absolute atomic E-state index is 0.293. The number of aromatic nitrogens is 2. The fourth-order valence-electron chi connectivity index (χ4n) is 2.01. The van der Waals surface area contributed by atoms with Gasteiger partial charge in [0.15, 0.2) is 0 Å². The molecule has 0 N–H and O–H groups in total. The van der Waals surface area contributed by atoms with Crippen LogP contribution in [0.15, 0.2) is 42.2 Å². The highest BCUT2D eigenvalue weighted by Crippen LogP contribution is 2.16. The van der Waals surface area contributed by atoms with Gasteiger partial charge in [0, 0.05) is 29.4 Å². The molecule has 1 aromatic heterocycles. The fraction of sp³-hybridized carbons (Fsp3) is 0.200. The molecule has 0 spiro atoms. The molecular formula is C15H15N3O3. The Morgan fingerprint density at radius 1 is 1.38 bits per heavy atom. The van der Waals surface area contributed by atoms with Crippen molar-refractivity contribution in [2.75, 3.05) is 0 Å². The van der Waals surface area contributed by atoms with Crippen LogP contribution in [0.3, 0.4) is 0 Å². The average molecular weight is 285 g/mol. The molecule has 0 aliphatic heterocycles. The number of allylic oxidation sites excluding steroid dienone is 1. The van der Waals surface area contributed by atoms with E-state index in [-0.39, 0.29) is 0 Å². The van der Waals surface area contributed by atoms with Gasteiger partial charge in [-0.25, -0.2) is 0 Å². The van der Waals surface area contributed by atoms with E-state index in [1.54, 1.807) is 35.0 Å². The third-order valence-corrected chi connectivity index (χ3v) is 3.20. The van der Waals surface area contributed by atoms with Crippen molar-refractivity contribution >= 4 is 11.9 Å². The lowest BCUT2D eigenvalue weighted by Gasteiger charge is -2.00. The van der Waals surface area contributed by atoms with Crippen LogP contribution in [0.25, 0.3) is 6.08 Å². The van der Waals surface area contributed by atoms with Gasteiger partial charge >= 0.3 is 5.70 Å². The third kappa shape index (κ3) is 3.05. The van der Waals surface area contributed by atoms with Gasteiger partial charge in [-0.2, -0.15) is 5.10 Å². The van der Waals surface area contributed by atoms with E-state index in [2.05, 4.69) is 5.10 Å². The van der Waals surface area contributed by atoms with Crippen molar-refractivity contribution in [3.8, 4) is 0 Å². The Labute approximate surface area is 121 Å². The van der Waals surface area contributed by atoms with Gasteiger partial charge < -0.3 is 0 Å². The largest absolute Gasteiger partial charge is 0.317 e. The molecule has 0 radical (unpaired) electrons. The molecule has 0 aliphatic rings. The summed E-state index contributed by atoms with van der Waals surface area (Å²) >= 11 is 0. The van der Waals surface area contributed by atoms with Crippen LogP contribution in [-0.4, -0.2) is 20.5 Å². The molecular weight excluding hydrogens is 270 g/mol. The maximum atomic E-state index is 12.2. The molecule has 0 unspecified atom stereocenters. The summed E-state index contributed by atoms with van der Waals surface area (Å²) in [5.41, 5.74) is 1.20. The Morgan fingerprint density at radius 2 is 2.05 bits per heavy atom. The zero-order valence-electron chi connectivity index (χ0n) is 11.8. The van der Waals surface area contributed by atoms with Crippen LogP contribution >= 0.6 is 0 Å². The maximum absolute atomic E-state index is 12.2. The number of aryl methyl sites for hydroxylation is 1. The van der Waals surface area contributed by atoms with Crippen LogP contribution in [0.2, 0.25) is 0 Å². The average Bonchev–Trinajstić information content (AvgIpc) is 2.85. The summed E-state index contributed by atoms with van der Waals surface area (Å²) in [7, 11) is 0. The standard InChI is InChI=1S/C15H15N3O3/c1-3-17-11(2)13(10-16-17)9-14(18(20)21)15(19)12-7-5-4-6-8-12/h4-10H,3H2,1-2H3/b14-9+. The highest BCUT2D eigenvalue weighted by atomic mass is 16.6. The predicted octanol–water partition coefficient (Wildman–Crippen LogP) is 2.71. The first-order valence-corrected chi connectivity index (χ1v) is 6.52. The van der Waals surface area contributed by atoms with Crippen molar-refractivity contribution in [2.24, 2.45) is 0 Å². The molecule has 0 fully saturated rings. The number of carbonyl (C=O) groups is 1. The molecule has 0 atom stereocenters. The molecule has 0 saturated heterocycles. The van der Waals surface area contributed by atoms with Crippen LogP contribution in [0, 0.1) is 17.0 Å². The smallest absolute Gasteiger partial charge is 0.282 e. The first-order chi connectivity index (χ1) is 10.0. The van der Waals surface area contributed by atoms with Crippen LogP contribution in [-0.2, 0) is 6.54 Å². The summed E-state index contributed by atoms with van der Waals surface area (Å²) < 4.78 is 1.72. The van der Waals surface area contributed by atoms with E-state index in [1.807, 2.05) is 13.8 Å². The van der Waals surface area contributed by atoms with E-state index < -0.39 is 16.4 Å². The molecule has 1 heterocycles. The lowest BCUT2D eigenvalue weighted by molar-refractivity contribution is -0.415. The lowest BCUT2D eigenvalue weighted by atomic mass is 10.1. The molecule has 0 bridgehead atoms. The minimum Gasteiger partial charge on any atom is -0.282 e. The number of rotatable bonds is 5. The normalized spacial score (nSPS) is 11.4. The van der Waals surface area contributed by atoms with Crippen LogP contribution in [0.4, 0.5) is 0 Å². The van der Waals surface area contributed by atoms with Crippen LogP contribution < -0.4 is 0 Å². The second kappa shape index (κ2) is 6.13. The zero-order valence-corrected chi connectivity index (χ0v) is 11.8. The van der Waals surface area contributed by atoms with E-state index >= 15 is 0 Å². The number of ketones is 1. The van der Waals surface area contributed by atoms with Gasteiger partial charge in [0.05, 0.1) is 11.1 Å². The number of nitro groups is 1. The van der Waals surface area contributed by atoms with E-state index in [9.17, 15) is 14.9 Å². The van der Waals surface area contributed by atoms with Gasteiger partial charge in [-0.05, 0) is 13.8 Å². The van der Waals surface area contributed by atoms with Gasteiger partial charge in [-0.3, -0.25) is 19.6 Å². The topological polar surface area (TPSA) is 78.0 Å². The molecule has 2 rings (SSSR count). The number of carbonyl (C=O) groups excluding carboxylic acids is 1. The second-order valence-corrected chi connectivity index (χ2v) is 4.48. The fourth-order valence-corrected chi connectivity index (χ4v) is 2.01. The van der Waals surface area contributed by atoms with Crippen LogP contribution in [0.5, 0.6) is 0 Å². The van der Waals surface area contributed by atoms with E-state index in [4.69, 9.17) is 0 Å². The van der Waals surface area contributed by atoms with Crippen molar-refractivity contribution in [3.63, 3.8) is 0 Å². The zero-order chi connectivity index (χ0) is 15.4. The third-order valence-electron chi connectivity index (χ3n) is 3.20. The summed E-state index contributed by atoms with van der Waals surface area (Å²) in [6, 6.07) is 8.21. The summed E-state index contributed by atoms with van der Waals surface area (Å²) in [6.45, 7) is 4.41. The van der Waals surface area contributed by atoms with Gasteiger partial charge in [0.25, 0.3) is 5.78 Å². The molecule has 1 aromatic carbocycles. The number of hydrogen-bond donors (Lipinski definition) is 0. The SMILES string of the molecule is CCn1ncc(/C=C(\C(=O)c2ccccc2)[N+](=O)[O-])c1C. The summed E-state index contributed by atoms with van der Waals surface area (Å²) in [6.07, 6.45) is 2.81. The summed E-state index contributed by atoms with van der Waals surface area (Å²) in [5, 5.41) is 15.3. The molecule has 0 saturated carbocycles. The van der Waals surface area contributed by atoms with Gasteiger partial charge in [0.1, 0.15) is 0 Å². The van der Waals surface area contributed by atoms with Crippen molar-refractivity contribution in [3.05, 3.63) is 69.2 Å². The summed E-state index contributed by atoms with van der Waals surface area (Å²) in [4.78, 5) is 22.8. The maximum Gasteiger partial charge on any atom is 0.317 e. The molecule has 6 nitrogen and oxygen atoms in total. The van der Waals surface area contributed by atoms with Gasteiger partial charge in [-0.1, -0.05) is 30.3 Å². The highest BCUT2D eigenvalue weighted by Gasteiger charge is 2.24. The molecule has 6 heteroatoms. The number of benzene rings is 1. The first kappa shape index (κ1) is 14.6. The Kier molecular flexibility index (Phi) is 4.27. The Morgan fingerprint density at radius 3 is 2.57 bits per heavy atom. The molecule has 21 heavy (non-hydrogen) atoms. The first-order valence-electron chi connectivity index (χ1n) is 6.52. The number of hydrogen-bond acceptors (Lipinski definition) is 4. The second-order valence-electron chi connectivity index (χ2n) is 4.48. The Bertz CT molecular complexity index is 702. The van der Waals surface area contributed by atoms with Crippen molar-refractivity contribution < 1.29 is 9.72 Å².